The van der Waals surface area contributed by atoms with Crippen LogP contribution in [0.2, 0.25) is 0 Å². The van der Waals surface area contributed by atoms with Crippen LogP contribution in [0.1, 0.15) is 35.7 Å². The highest BCUT2D eigenvalue weighted by Crippen LogP contribution is 2.34. The molecule has 1 aliphatic rings. The predicted molar refractivity (Wildman–Crippen MR) is 95.3 cm³/mol. The Hall–Kier alpha value is -2.77. The van der Waals surface area contributed by atoms with Crippen molar-refractivity contribution in [3.8, 4) is 0 Å². The number of nitrogens with zero attached hydrogens (tertiary/aromatic N) is 2. The molecule has 8 heteroatoms. The number of anilines is 2. The molecule has 3 rings (SSSR count). The Morgan fingerprint density at radius 2 is 1.85 bits per heavy atom. The molecule has 1 saturated heterocycles. The minimum Gasteiger partial charge on any atom is -0.357 e. The average Bonchev–Trinajstić information content (AvgIpc) is 2.66. The van der Waals surface area contributed by atoms with Crippen molar-refractivity contribution in [2.75, 3.05) is 23.5 Å². The predicted octanol–water partition coefficient (Wildman–Crippen LogP) is 4.52. The molecule has 0 unspecified atom stereocenters. The maximum absolute atomic E-state index is 13.3. The van der Waals surface area contributed by atoms with Crippen LogP contribution in [0.3, 0.4) is 0 Å². The van der Waals surface area contributed by atoms with Gasteiger partial charge in [0.25, 0.3) is 0 Å². The van der Waals surface area contributed by atoms with E-state index in [1.165, 1.54) is 0 Å². The van der Waals surface area contributed by atoms with Gasteiger partial charge in [-0.3, -0.25) is 0 Å². The van der Waals surface area contributed by atoms with Crippen LogP contribution in [-0.4, -0.2) is 24.0 Å². The van der Waals surface area contributed by atoms with E-state index in [1.807, 2.05) is 4.90 Å². The highest BCUT2D eigenvalue weighted by Gasteiger charge is 2.32. The van der Waals surface area contributed by atoms with Crippen LogP contribution < -0.4 is 10.4 Å². The first-order valence-electron chi connectivity index (χ1n) is 8.69. The second-order valence-corrected chi connectivity index (χ2v) is 6.62. The molecular formula is C19H20F3N3O2. The summed E-state index contributed by atoms with van der Waals surface area (Å²) in [6.07, 6.45) is -2.74. The van der Waals surface area contributed by atoms with Crippen LogP contribution in [0, 0.1) is 5.92 Å². The number of piperidine rings is 1. The maximum atomic E-state index is 13.3. The number of carbonyl (C=O) groups is 1. The zero-order chi connectivity index (χ0) is 19.4. The van der Waals surface area contributed by atoms with Gasteiger partial charge in [0.1, 0.15) is 5.82 Å². The molecule has 144 valence electrons. The molecule has 0 spiro atoms. The zero-order valence-corrected chi connectivity index (χ0v) is 14.8. The Labute approximate surface area is 155 Å². The Balaban J connectivity index is 1.79. The van der Waals surface area contributed by atoms with Crippen molar-refractivity contribution in [3.63, 3.8) is 0 Å². The first-order chi connectivity index (χ1) is 12.8. The largest absolute Gasteiger partial charge is 0.416 e. The van der Waals surface area contributed by atoms with E-state index in [1.54, 1.807) is 30.3 Å². The van der Waals surface area contributed by atoms with Crippen molar-refractivity contribution in [3.05, 3.63) is 53.6 Å². The lowest BCUT2D eigenvalue weighted by molar-refractivity contribution is -0.137. The first-order valence-corrected chi connectivity index (χ1v) is 8.69. The standard InChI is InChI=1S/C19H20F3N3O2/c1-13-7-9-25(10-8-13)17-12-15(19(20,21)22)11-16(23-17)24-27-18(26)14-5-3-2-4-6-14/h2-6,11-13H,7-10H2,1H3,(H,23,24). The Kier molecular flexibility index (Phi) is 5.53. The van der Waals surface area contributed by atoms with Crippen molar-refractivity contribution in [2.45, 2.75) is 25.9 Å². The molecule has 0 bridgehead atoms. The molecule has 0 saturated carbocycles. The van der Waals surface area contributed by atoms with Gasteiger partial charge in [-0.1, -0.05) is 25.1 Å². The number of hydrogen-bond acceptors (Lipinski definition) is 5. The molecule has 1 aromatic carbocycles. The first kappa shape index (κ1) is 19.0. The molecule has 27 heavy (non-hydrogen) atoms. The topological polar surface area (TPSA) is 54.5 Å². The van der Waals surface area contributed by atoms with E-state index in [2.05, 4.69) is 17.4 Å². The number of nitrogens with one attached hydrogen (secondary N) is 1. The summed E-state index contributed by atoms with van der Waals surface area (Å²) in [6.45, 7) is 3.39. The molecule has 5 nitrogen and oxygen atoms in total. The number of hydrogen-bond donors (Lipinski definition) is 1. The van der Waals surface area contributed by atoms with E-state index in [-0.39, 0.29) is 17.2 Å². The smallest absolute Gasteiger partial charge is 0.357 e. The lowest BCUT2D eigenvalue weighted by Crippen LogP contribution is -2.33. The third-order valence-corrected chi connectivity index (χ3v) is 4.50. The molecule has 0 amide bonds. The van der Waals surface area contributed by atoms with Crippen LogP contribution in [0.4, 0.5) is 24.8 Å². The summed E-state index contributed by atoms with van der Waals surface area (Å²) in [5.41, 5.74) is 1.69. The number of benzene rings is 1. The Morgan fingerprint density at radius 3 is 2.48 bits per heavy atom. The molecular weight excluding hydrogens is 359 g/mol. The van der Waals surface area contributed by atoms with Crippen LogP contribution in [0.5, 0.6) is 0 Å². The fourth-order valence-corrected chi connectivity index (χ4v) is 2.86. The summed E-state index contributed by atoms with van der Waals surface area (Å²) in [4.78, 5) is 22.9. The van der Waals surface area contributed by atoms with Gasteiger partial charge in [0.05, 0.1) is 11.1 Å². The lowest BCUT2D eigenvalue weighted by atomic mass is 9.99. The highest BCUT2D eigenvalue weighted by molar-refractivity contribution is 5.89. The molecule has 0 aliphatic carbocycles. The second-order valence-electron chi connectivity index (χ2n) is 6.62. The van der Waals surface area contributed by atoms with Gasteiger partial charge < -0.3 is 9.74 Å². The summed E-state index contributed by atoms with van der Waals surface area (Å²) in [5.74, 6) is -0.114. The molecule has 0 radical (unpaired) electrons. The van der Waals surface area contributed by atoms with Crippen molar-refractivity contribution >= 4 is 17.6 Å². The third-order valence-electron chi connectivity index (χ3n) is 4.50. The van der Waals surface area contributed by atoms with Gasteiger partial charge in [-0.05, 0) is 43.0 Å². The Morgan fingerprint density at radius 1 is 1.19 bits per heavy atom. The molecule has 0 atom stereocenters. The zero-order valence-electron chi connectivity index (χ0n) is 14.8. The van der Waals surface area contributed by atoms with E-state index in [0.717, 1.165) is 25.0 Å². The number of carbonyl (C=O) groups excluding carboxylic acids is 1. The van der Waals surface area contributed by atoms with Crippen LogP contribution in [0.15, 0.2) is 42.5 Å². The number of pyridine rings is 1. The van der Waals surface area contributed by atoms with Crippen molar-refractivity contribution in [1.29, 1.82) is 0 Å². The van der Waals surface area contributed by atoms with E-state index in [9.17, 15) is 18.0 Å². The monoisotopic (exact) mass is 379 g/mol. The minimum absolute atomic E-state index is 0.164. The van der Waals surface area contributed by atoms with Gasteiger partial charge in [-0.25, -0.2) is 9.78 Å². The van der Waals surface area contributed by atoms with Crippen LogP contribution in [0.25, 0.3) is 0 Å². The number of aromatic nitrogens is 1. The second kappa shape index (κ2) is 7.85. The highest BCUT2D eigenvalue weighted by atomic mass is 19.4. The molecule has 2 heterocycles. The summed E-state index contributed by atoms with van der Waals surface area (Å²) < 4.78 is 39.8. The van der Waals surface area contributed by atoms with Gasteiger partial charge >= 0.3 is 12.1 Å². The molecule has 1 aromatic heterocycles. The minimum atomic E-state index is -4.53. The van der Waals surface area contributed by atoms with Gasteiger partial charge in [0, 0.05) is 13.1 Å². The van der Waals surface area contributed by atoms with E-state index < -0.39 is 17.7 Å². The summed E-state index contributed by atoms with van der Waals surface area (Å²) >= 11 is 0. The Bertz CT molecular complexity index is 789. The van der Waals surface area contributed by atoms with E-state index >= 15 is 0 Å². The van der Waals surface area contributed by atoms with Gasteiger partial charge in [-0.15, -0.1) is 0 Å². The normalized spacial score (nSPS) is 15.5. The summed E-state index contributed by atoms with van der Waals surface area (Å²) in [6, 6.07) is 10.0. The quantitative estimate of drug-likeness (QED) is 0.792. The van der Waals surface area contributed by atoms with E-state index in [0.29, 0.717) is 19.0 Å². The SMILES string of the molecule is CC1CCN(c2cc(C(F)(F)F)cc(NOC(=O)c3ccccc3)n2)CC1. The fourth-order valence-electron chi connectivity index (χ4n) is 2.86. The summed E-state index contributed by atoms with van der Waals surface area (Å²) in [5, 5.41) is 0. The molecule has 1 fully saturated rings. The van der Waals surface area contributed by atoms with Crippen molar-refractivity contribution < 1.29 is 22.8 Å². The lowest BCUT2D eigenvalue weighted by Gasteiger charge is -2.31. The van der Waals surface area contributed by atoms with Crippen LogP contribution >= 0.6 is 0 Å². The number of halogens is 3. The molecule has 1 N–H and O–H groups in total. The average molecular weight is 379 g/mol. The van der Waals surface area contributed by atoms with Gasteiger partial charge in [-0.2, -0.15) is 18.7 Å². The number of rotatable bonds is 4. The maximum Gasteiger partial charge on any atom is 0.416 e. The van der Waals surface area contributed by atoms with Crippen LogP contribution in [-0.2, 0) is 11.0 Å². The van der Waals surface area contributed by atoms with Crippen molar-refractivity contribution in [1.82, 2.24) is 4.98 Å². The fraction of sp³-hybridized carbons (Fsp3) is 0.368. The molecule has 1 aliphatic heterocycles. The summed E-state index contributed by atoms with van der Waals surface area (Å²) in [7, 11) is 0. The van der Waals surface area contributed by atoms with Gasteiger partial charge in [0.2, 0.25) is 0 Å². The van der Waals surface area contributed by atoms with E-state index in [4.69, 9.17) is 4.84 Å². The van der Waals surface area contributed by atoms with Crippen molar-refractivity contribution in [2.24, 2.45) is 5.92 Å². The molecule has 2 aromatic rings. The van der Waals surface area contributed by atoms with Gasteiger partial charge in [0.15, 0.2) is 5.82 Å². The third kappa shape index (κ3) is 4.90. The number of alkyl halides is 3.